The van der Waals surface area contributed by atoms with Crippen LogP contribution in [0.3, 0.4) is 0 Å². The van der Waals surface area contributed by atoms with Crippen LogP contribution in [0.25, 0.3) is 0 Å². The monoisotopic (exact) mass is 508 g/mol. The maximum absolute atomic E-state index is 13.6. The Labute approximate surface area is 209 Å². The molecule has 10 nitrogen and oxygen atoms in total. The van der Waals surface area contributed by atoms with Crippen molar-refractivity contribution in [3.05, 3.63) is 28.8 Å². The highest BCUT2D eigenvalue weighted by Gasteiger charge is 2.44. The van der Waals surface area contributed by atoms with Gasteiger partial charge in [-0.3, -0.25) is 19.2 Å². The van der Waals surface area contributed by atoms with E-state index in [4.69, 9.17) is 26.8 Å². The Morgan fingerprint density at radius 3 is 2.66 bits per heavy atom. The highest BCUT2D eigenvalue weighted by Crippen LogP contribution is 2.27. The molecule has 0 unspecified atom stereocenters. The van der Waals surface area contributed by atoms with Gasteiger partial charge < -0.3 is 30.7 Å². The van der Waals surface area contributed by atoms with E-state index in [2.05, 4.69) is 10.6 Å². The number of hydrogen-bond donors (Lipinski definition) is 3. The molecule has 11 heteroatoms. The quantitative estimate of drug-likeness (QED) is 0.377. The van der Waals surface area contributed by atoms with Crippen LogP contribution in [-0.4, -0.2) is 66.2 Å². The molecule has 0 aromatic heterocycles. The highest BCUT2D eigenvalue weighted by molar-refractivity contribution is 6.33. The molecule has 0 saturated carbocycles. The number of halogens is 1. The molecule has 35 heavy (non-hydrogen) atoms. The number of nitrogens with zero attached hydrogens (tertiary/aromatic N) is 1. The maximum atomic E-state index is 13.6. The summed E-state index contributed by atoms with van der Waals surface area (Å²) in [5, 5.41) is 5.86. The molecule has 4 N–H and O–H groups in total. The topological polar surface area (TPSA) is 140 Å². The Morgan fingerprint density at radius 2 is 2.03 bits per heavy atom. The van der Waals surface area contributed by atoms with Gasteiger partial charge in [0.15, 0.2) is 0 Å². The van der Waals surface area contributed by atoms with Gasteiger partial charge in [-0.1, -0.05) is 32.4 Å². The van der Waals surface area contributed by atoms with Crippen molar-refractivity contribution in [2.45, 2.75) is 71.4 Å². The predicted molar refractivity (Wildman–Crippen MR) is 129 cm³/mol. The number of cyclic esters (lactones) is 1. The van der Waals surface area contributed by atoms with Crippen LogP contribution in [0.1, 0.15) is 57.3 Å². The Hall–Kier alpha value is -2.85. The molecular formula is C24H33ClN4O6. The molecule has 3 amide bonds. The van der Waals surface area contributed by atoms with Crippen LogP contribution in [0.2, 0.25) is 5.02 Å². The Kier molecular flexibility index (Phi) is 8.27. The summed E-state index contributed by atoms with van der Waals surface area (Å²) in [6.07, 6.45) is 0.255. The van der Waals surface area contributed by atoms with E-state index in [9.17, 15) is 19.2 Å². The molecule has 2 saturated heterocycles. The van der Waals surface area contributed by atoms with Gasteiger partial charge in [0.25, 0.3) is 5.91 Å². The second-order valence-electron chi connectivity index (χ2n) is 9.83. The van der Waals surface area contributed by atoms with E-state index in [1.54, 1.807) is 6.92 Å². The third kappa shape index (κ3) is 6.24. The van der Waals surface area contributed by atoms with Crippen molar-refractivity contribution in [1.29, 1.82) is 0 Å². The lowest BCUT2D eigenvalue weighted by molar-refractivity contribution is -0.164. The number of nitrogens with two attached hydrogens (primary N) is 1. The summed E-state index contributed by atoms with van der Waals surface area (Å²) in [5.74, 6) is -1.66. The molecule has 4 atom stereocenters. The average molecular weight is 509 g/mol. The van der Waals surface area contributed by atoms with Gasteiger partial charge in [0.05, 0.1) is 17.1 Å². The molecule has 1 aromatic carbocycles. The number of nitrogen functional groups attached to an aromatic ring is 1. The number of ether oxygens (including phenoxy) is 2. The summed E-state index contributed by atoms with van der Waals surface area (Å²) >= 11 is 6.05. The first-order valence-electron chi connectivity index (χ1n) is 11.7. The zero-order valence-electron chi connectivity index (χ0n) is 20.4. The molecule has 2 heterocycles. The molecule has 0 aliphatic carbocycles. The van der Waals surface area contributed by atoms with Gasteiger partial charge in [0, 0.05) is 18.7 Å². The van der Waals surface area contributed by atoms with Gasteiger partial charge in [-0.05, 0) is 43.4 Å². The van der Waals surface area contributed by atoms with Crippen molar-refractivity contribution >= 4 is 41.0 Å². The fraction of sp³-hybridized carbons (Fsp3) is 0.583. The summed E-state index contributed by atoms with van der Waals surface area (Å²) in [6.45, 7) is 7.98. The Balaban J connectivity index is 1.74. The Bertz CT molecular complexity index is 995. The normalized spacial score (nSPS) is 23.1. The van der Waals surface area contributed by atoms with Crippen LogP contribution in [0.4, 0.5) is 5.69 Å². The van der Waals surface area contributed by atoms with E-state index < -0.39 is 41.7 Å². The number of hydrogen-bond acceptors (Lipinski definition) is 7. The van der Waals surface area contributed by atoms with E-state index in [0.29, 0.717) is 31.7 Å². The standard InChI is InChI=1S/C24H33ClN4O6/c1-5-34-23-16(12-18(30)35-23)27-21(32)17-7-6-10-29(17)22(33)19(24(2,3)4)28-20(31)13-8-9-15(26)14(25)11-13/h8-9,11,16-17,19,23H,5-7,10,12,26H2,1-4H3,(H,27,32)(H,28,31)/t16-,17-,19+,23+/m0/s1. The SMILES string of the molecule is CCO[C@@H]1OC(=O)C[C@@H]1NC(=O)[C@@H]1CCCN1C(=O)[C@@H](NC(=O)c1ccc(N)c(Cl)c1)C(C)(C)C. The van der Waals surface area contributed by atoms with Crippen LogP contribution < -0.4 is 16.4 Å². The largest absolute Gasteiger partial charge is 0.433 e. The second-order valence-corrected chi connectivity index (χ2v) is 10.2. The number of nitrogens with one attached hydrogen (secondary N) is 2. The average Bonchev–Trinajstić information content (AvgIpc) is 3.39. The molecule has 0 spiro atoms. The molecule has 2 aliphatic rings. The van der Waals surface area contributed by atoms with E-state index >= 15 is 0 Å². The molecule has 1 aromatic rings. The molecule has 3 rings (SSSR count). The van der Waals surface area contributed by atoms with E-state index in [1.165, 1.54) is 23.1 Å². The summed E-state index contributed by atoms with van der Waals surface area (Å²) in [7, 11) is 0. The summed E-state index contributed by atoms with van der Waals surface area (Å²) < 4.78 is 10.5. The number of likely N-dealkylation sites (tertiary alicyclic amines) is 1. The number of esters is 1. The van der Waals surface area contributed by atoms with Gasteiger partial charge >= 0.3 is 5.97 Å². The second kappa shape index (κ2) is 10.8. The number of carbonyl (C=O) groups excluding carboxylic acids is 4. The van der Waals surface area contributed by atoms with Crippen molar-refractivity contribution in [3.8, 4) is 0 Å². The van der Waals surface area contributed by atoms with Crippen molar-refractivity contribution in [3.63, 3.8) is 0 Å². The molecule has 192 valence electrons. The fourth-order valence-electron chi connectivity index (χ4n) is 4.25. The first-order chi connectivity index (χ1) is 16.4. The lowest BCUT2D eigenvalue weighted by atomic mass is 9.85. The third-order valence-electron chi connectivity index (χ3n) is 6.11. The first-order valence-corrected chi connectivity index (χ1v) is 12.1. The third-order valence-corrected chi connectivity index (χ3v) is 6.44. The van der Waals surface area contributed by atoms with E-state index in [-0.39, 0.29) is 28.8 Å². The lowest BCUT2D eigenvalue weighted by Crippen LogP contribution is -2.58. The zero-order valence-corrected chi connectivity index (χ0v) is 21.2. The van der Waals surface area contributed by atoms with Crippen molar-refractivity contribution < 1.29 is 28.7 Å². The van der Waals surface area contributed by atoms with Crippen LogP contribution in [-0.2, 0) is 23.9 Å². The fourth-order valence-corrected chi connectivity index (χ4v) is 4.43. The number of amides is 3. The molecule has 2 fully saturated rings. The van der Waals surface area contributed by atoms with Gasteiger partial charge in [0.2, 0.25) is 18.1 Å². The molecule has 2 aliphatic heterocycles. The smallest absolute Gasteiger partial charge is 0.310 e. The van der Waals surface area contributed by atoms with Crippen LogP contribution >= 0.6 is 11.6 Å². The summed E-state index contributed by atoms with van der Waals surface area (Å²) in [6, 6.07) is 2.26. The molecular weight excluding hydrogens is 476 g/mol. The van der Waals surface area contributed by atoms with E-state index in [0.717, 1.165) is 0 Å². The van der Waals surface area contributed by atoms with Crippen molar-refractivity contribution in [2.24, 2.45) is 5.41 Å². The van der Waals surface area contributed by atoms with Crippen LogP contribution in [0, 0.1) is 5.41 Å². The van der Waals surface area contributed by atoms with E-state index in [1.807, 2.05) is 20.8 Å². The van der Waals surface area contributed by atoms with Gasteiger partial charge in [-0.2, -0.15) is 0 Å². The molecule has 0 bridgehead atoms. The predicted octanol–water partition coefficient (Wildman–Crippen LogP) is 1.85. The number of carbonyl (C=O) groups is 4. The number of benzene rings is 1. The summed E-state index contributed by atoms with van der Waals surface area (Å²) in [4.78, 5) is 52.9. The van der Waals surface area contributed by atoms with Crippen LogP contribution in [0.15, 0.2) is 18.2 Å². The highest BCUT2D eigenvalue weighted by atomic mass is 35.5. The maximum Gasteiger partial charge on any atom is 0.310 e. The van der Waals surface area contributed by atoms with Crippen molar-refractivity contribution in [2.75, 3.05) is 18.9 Å². The Morgan fingerprint density at radius 1 is 1.31 bits per heavy atom. The first kappa shape index (κ1) is 26.7. The van der Waals surface area contributed by atoms with Crippen molar-refractivity contribution in [1.82, 2.24) is 15.5 Å². The minimum absolute atomic E-state index is 0.00188. The summed E-state index contributed by atoms with van der Waals surface area (Å²) in [5.41, 5.74) is 5.71. The van der Waals surface area contributed by atoms with Gasteiger partial charge in [-0.25, -0.2) is 0 Å². The number of anilines is 1. The van der Waals surface area contributed by atoms with Gasteiger partial charge in [-0.15, -0.1) is 0 Å². The van der Waals surface area contributed by atoms with Crippen LogP contribution in [0.5, 0.6) is 0 Å². The van der Waals surface area contributed by atoms with Gasteiger partial charge in [0.1, 0.15) is 18.1 Å². The minimum Gasteiger partial charge on any atom is -0.433 e. The lowest BCUT2D eigenvalue weighted by Gasteiger charge is -2.35. The minimum atomic E-state index is -0.896. The molecule has 0 radical (unpaired) electrons. The zero-order chi connectivity index (χ0) is 25.9. The number of rotatable bonds is 7.